The molecule has 0 aliphatic carbocycles. The van der Waals surface area contributed by atoms with Gasteiger partial charge in [-0.2, -0.15) is 0 Å². The second kappa shape index (κ2) is 8.79. The fraction of sp³-hybridized carbons (Fsp3) is 0.733. The van der Waals surface area contributed by atoms with Crippen LogP contribution >= 0.6 is 0 Å². The summed E-state index contributed by atoms with van der Waals surface area (Å²) in [6.45, 7) is 4.82. The van der Waals surface area contributed by atoms with Crippen molar-refractivity contribution in [2.24, 2.45) is 0 Å². The van der Waals surface area contributed by atoms with Crippen LogP contribution in [0.1, 0.15) is 31.4 Å². The van der Waals surface area contributed by atoms with Crippen molar-refractivity contribution in [3.8, 4) is 0 Å². The highest BCUT2D eigenvalue weighted by Crippen LogP contribution is 2.10. The lowest BCUT2D eigenvalue weighted by Crippen LogP contribution is -2.36. The average Bonchev–Trinajstić information content (AvgIpc) is 2.97. The van der Waals surface area contributed by atoms with Crippen molar-refractivity contribution in [3.63, 3.8) is 0 Å². The number of hydrogen-bond donors (Lipinski definition) is 1. The largest absolute Gasteiger partial charge is 0.383 e. The molecule has 21 heavy (non-hydrogen) atoms. The molecule has 1 saturated heterocycles. The molecule has 118 valence electrons. The van der Waals surface area contributed by atoms with Gasteiger partial charge in [-0.1, -0.05) is 0 Å². The summed E-state index contributed by atoms with van der Waals surface area (Å²) in [5.74, 6) is 0.265. The molecule has 0 atom stereocenters. The van der Waals surface area contributed by atoms with Crippen LogP contribution in [0.15, 0.2) is 12.5 Å². The number of ether oxygens (including phenoxy) is 1. The fourth-order valence-corrected chi connectivity index (χ4v) is 2.60. The number of hydrogen-bond acceptors (Lipinski definition) is 4. The van der Waals surface area contributed by atoms with Gasteiger partial charge < -0.3 is 19.5 Å². The van der Waals surface area contributed by atoms with Crippen LogP contribution in [0.5, 0.6) is 0 Å². The van der Waals surface area contributed by atoms with E-state index in [1.807, 2.05) is 11.1 Å². The molecule has 0 bridgehead atoms. The summed E-state index contributed by atoms with van der Waals surface area (Å²) in [6.07, 6.45) is 7.75. The van der Waals surface area contributed by atoms with E-state index in [-0.39, 0.29) is 5.91 Å². The van der Waals surface area contributed by atoms with E-state index in [0.717, 1.165) is 44.7 Å². The van der Waals surface area contributed by atoms with Crippen molar-refractivity contribution < 1.29 is 9.53 Å². The minimum atomic E-state index is 0.265. The van der Waals surface area contributed by atoms with E-state index in [1.165, 1.54) is 6.42 Å². The predicted molar refractivity (Wildman–Crippen MR) is 80.9 cm³/mol. The molecule has 1 aromatic heterocycles. The Morgan fingerprint density at radius 2 is 2.19 bits per heavy atom. The molecule has 1 amide bonds. The minimum absolute atomic E-state index is 0.265. The number of nitrogens with zero attached hydrogens (tertiary/aromatic N) is 3. The molecule has 6 nitrogen and oxygen atoms in total. The van der Waals surface area contributed by atoms with E-state index in [4.69, 9.17) is 4.74 Å². The Bertz CT molecular complexity index is 427. The number of likely N-dealkylation sites (tertiary alicyclic amines) is 1. The molecule has 0 spiro atoms. The molecule has 1 fully saturated rings. The van der Waals surface area contributed by atoms with E-state index in [2.05, 4.69) is 14.9 Å². The fourth-order valence-electron chi connectivity index (χ4n) is 2.60. The molecule has 1 aliphatic rings. The van der Waals surface area contributed by atoms with Gasteiger partial charge in [0.05, 0.1) is 18.6 Å². The Morgan fingerprint density at radius 3 is 2.95 bits per heavy atom. The summed E-state index contributed by atoms with van der Waals surface area (Å²) < 4.78 is 7.06. The summed E-state index contributed by atoms with van der Waals surface area (Å²) in [5.41, 5.74) is 1.11. The summed E-state index contributed by atoms with van der Waals surface area (Å²) in [5, 5.41) is 3.30. The number of amides is 1. The van der Waals surface area contributed by atoms with Crippen molar-refractivity contribution in [2.75, 3.05) is 33.4 Å². The SMILES string of the molecule is COCCNCc1cncn1CCC(=O)N1CCCCC1. The van der Waals surface area contributed by atoms with Gasteiger partial charge in [0.25, 0.3) is 0 Å². The molecular weight excluding hydrogens is 268 g/mol. The molecular formula is C15H26N4O2. The quantitative estimate of drug-likeness (QED) is 0.727. The highest BCUT2D eigenvalue weighted by Gasteiger charge is 2.16. The number of piperidine rings is 1. The Hall–Kier alpha value is -1.40. The Kier molecular flexibility index (Phi) is 6.69. The Balaban J connectivity index is 1.74. The Labute approximate surface area is 126 Å². The standard InChI is InChI=1S/C15H26N4O2/c1-21-10-6-16-11-14-12-17-13-19(14)9-5-15(20)18-7-3-2-4-8-18/h12-13,16H,2-11H2,1H3. The summed E-state index contributed by atoms with van der Waals surface area (Å²) in [4.78, 5) is 18.3. The van der Waals surface area contributed by atoms with Crippen LogP contribution in [0, 0.1) is 0 Å². The first-order chi connectivity index (χ1) is 10.3. The first-order valence-corrected chi connectivity index (χ1v) is 7.77. The number of carbonyl (C=O) groups is 1. The van der Waals surface area contributed by atoms with E-state index >= 15 is 0 Å². The van der Waals surface area contributed by atoms with Crippen molar-refractivity contribution >= 4 is 5.91 Å². The minimum Gasteiger partial charge on any atom is -0.383 e. The molecule has 6 heteroatoms. The van der Waals surface area contributed by atoms with E-state index in [0.29, 0.717) is 19.6 Å². The zero-order valence-corrected chi connectivity index (χ0v) is 12.9. The predicted octanol–water partition coefficient (Wildman–Crippen LogP) is 1.02. The van der Waals surface area contributed by atoms with Gasteiger partial charge in [-0.15, -0.1) is 0 Å². The molecule has 0 aromatic carbocycles. The van der Waals surface area contributed by atoms with E-state index < -0.39 is 0 Å². The van der Waals surface area contributed by atoms with Gasteiger partial charge in [0.15, 0.2) is 0 Å². The van der Waals surface area contributed by atoms with Crippen LogP contribution in [0.3, 0.4) is 0 Å². The second-order valence-corrected chi connectivity index (χ2v) is 5.44. The number of rotatable bonds is 8. The van der Waals surface area contributed by atoms with Crippen molar-refractivity contribution in [1.29, 1.82) is 0 Å². The zero-order chi connectivity index (χ0) is 14.9. The second-order valence-electron chi connectivity index (χ2n) is 5.44. The van der Waals surface area contributed by atoms with E-state index in [9.17, 15) is 4.79 Å². The van der Waals surface area contributed by atoms with Crippen LogP contribution in [-0.4, -0.2) is 53.7 Å². The number of imidazole rings is 1. The van der Waals surface area contributed by atoms with Gasteiger partial charge in [0.1, 0.15) is 0 Å². The lowest BCUT2D eigenvalue weighted by molar-refractivity contribution is -0.132. The number of aryl methyl sites for hydroxylation is 1. The molecule has 0 unspecified atom stereocenters. The average molecular weight is 294 g/mol. The molecule has 2 rings (SSSR count). The van der Waals surface area contributed by atoms with Gasteiger partial charge in [0.2, 0.25) is 5.91 Å². The monoisotopic (exact) mass is 294 g/mol. The van der Waals surface area contributed by atoms with E-state index in [1.54, 1.807) is 13.4 Å². The number of carbonyl (C=O) groups excluding carboxylic acids is 1. The normalized spacial score (nSPS) is 15.4. The number of aromatic nitrogens is 2. The highest BCUT2D eigenvalue weighted by molar-refractivity contribution is 5.76. The summed E-state index contributed by atoms with van der Waals surface area (Å²) >= 11 is 0. The van der Waals surface area contributed by atoms with Crippen molar-refractivity contribution in [3.05, 3.63) is 18.2 Å². The number of nitrogens with one attached hydrogen (secondary N) is 1. The molecule has 1 N–H and O–H groups in total. The first kappa shape index (κ1) is 16.0. The van der Waals surface area contributed by atoms with Crippen LogP contribution in [-0.2, 0) is 22.6 Å². The Morgan fingerprint density at radius 1 is 1.38 bits per heavy atom. The van der Waals surface area contributed by atoms with Crippen LogP contribution in [0.2, 0.25) is 0 Å². The summed E-state index contributed by atoms with van der Waals surface area (Å²) in [7, 11) is 1.69. The molecule has 0 saturated carbocycles. The zero-order valence-electron chi connectivity index (χ0n) is 12.9. The third-order valence-electron chi connectivity index (χ3n) is 3.86. The maximum Gasteiger partial charge on any atom is 0.224 e. The molecule has 2 heterocycles. The maximum atomic E-state index is 12.2. The lowest BCUT2D eigenvalue weighted by atomic mass is 10.1. The maximum absolute atomic E-state index is 12.2. The highest BCUT2D eigenvalue weighted by atomic mass is 16.5. The van der Waals surface area contributed by atoms with Gasteiger partial charge >= 0.3 is 0 Å². The van der Waals surface area contributed by atoms with Gasteiger partial charge in [-0.25, -0.2) is 4.98 Å². The third-order valence-corrected chi connectivity index (χ3v) is 3.86. The van der Waals surface area contributed by atoms with Gasteiger partial charge in [-0.3, -0.25) is 4.79 Å². The molecule has 0 radical (unpaired) electrons. The summed E-state index contributed by atoms with van der Waals surface area (Å²) in [6, 6.07) is 0. The van der Waals surface area contributed by atoms with Crippen LogP contribution in [0.4, 0.5) is 0 Å². The van der Waals surface area contributed by atoms with Crippen LogP contribution < -0.4 is 5.32 Å². The van der Waals surface area contributed by atoms with Crippen LogP contribution in [0.25, 0.3) is 0 Å². The number of methoxy groups -OCH3 is 1. The van der Waals surface area contributed by atoms with Gasteiger partial charge in [0, 0.05) is 52.5 Å². The molecule has 1 aliphatic heterocycles. The first-order valence-electron chi connectivity index (χ1n) is 7.77. The lowest BCUT2D eigenvalue weighted by Gasteiger charge is -2.26. The van der Waals surface area contributed by atoms with Crippen molar-refractivity contribution in [2.45, 2.75) is 38.8 Å². The van der Waals surface area contributed by atoms with Gasteiger partial charge in [-0.05, 0) is 19.3 Å². The molecule has 1 aromatic rings. The third kappa shape index (κ3) is 5.13. The topological polar surface area (TPSA) is 59.4 Å². The van der Waals surface area contributed by atoms with Crippen molar-refractivity contribution in [1.82, 2.24) is 19.8 Å². The smallest absolute Gasteiger partial charge is 0.224 e.